The smallest absolute Gasteiger partial charge is 0.412 e. The van der Waals surface area contributed by atoms with E-state index in [0.717, 1.165) is 24.8 Å². The molecule has 29 heavy (non-hydrogen) atoms. The molecule has 1 fully saturated rings. The van der Waals surface area contributed by atoms with Crippen LogP contribution in [-0.4, -0.2) is 42.1 Å². The van der Waals surface area contributed by atoms with E-state index < -0.39 is 16.1 Å². The lowest BCUT2D eigenvalue weighted by Crippen LogP contribution is -2.42. The first-order valence-corrected chi connectivity index (χ1v) is 11.2. The minimum atomic E-state index is -3.16. The lowest BCUT2D eigenvalue weighted by Gasteiger charge is -2.32. The fourth-order valence-corrected chi connectivity index (χ4v) is 4.64. The number of ether oxygens (including phenoxy) is 1. The highest BCUT2D eigenvalue weighted by molar-refractivity contribution is 7.89. The van der Waals surface area contributed by atoms with Crippen molar-refractivity contribution in [1.82, 2.24) is 9.29 Å². The first-order valence-electron chi connectivity index (χ1n) is 9.73. The highest BCUT2D eigenvalue weighted by Gasteiger charge is 2.30. The largest absolute Gasteiger partial charge is 0.445 e. The standard InChI is InChI=1S/C20H27N3O5S/c1-15(2)29(25,26)23-9-7-17(8-10-23)11-16-3-5-18(6-4-16)22-20(24)27-13-19-12-21-14-28-19/h3-6,12,14-15,17H,7-11,13H2,1-2H3,(H,22,24). The summed E-state index contributed by atoms with van der Waals surface area (Å²) in [5, 5.41) is 2.30. The zero-order chi connectivity index (χ0) is 20.9. The van der Waals surface area contributed by atoms with Gasteiger partial charge in [0.05, 0.1) is 11.4 Å². The number of carbonyl (C=O) groups excluding carboxylic acids is 1. The fraction of sp³-hybridized carbons (Fsp3) is 0.500. The van der Waals surface area contributed by atoms with Crippen LogP contribution in [0.2, 0.25) is 0 Å². The number of aromatic nitrogens is 1. The normalized spacial score (nSPS) is 16.1. The third-order valence-electron chi connectivity index (χ3n) is 5.08. The topological polar surface area (TPSA) is 102 Å². The van der Waals surface area contributed by atoms with Crippen LogP contribution in [0.5, 0.6) is 0 Å². The summed E-state index contributed by atoms with van der Waals surface area (Å²) >= 11 is 0. The molecule has 1 saturated heterocycles. The van der Waals surface area contributed by atoms with Gasteiger partial charge in [-0.2, -0.15) is 0 Å². The number of carbonyl (C=O) groups is 1. The van der Waals surface area contributed by atoms with Crippen LogP contribution in [-0.2, 0) is 27.8 Å². The molecule has 9 heteroatoms. The Morgan fingerprint density at radius 3 is 2.55 bits per heavy atom. The van der Waals surface area contributed by atoms with Crippen LogP contribution in [0.4, 0.5) is 10.5 Å². The summed E-state index contributed by atoms with van der Waals surface area (Å²) in [4.78, 5) is 15.6. The molecule has 1 N–H and O–H groups in total. The summed E-state index contributed by atoms with van der Waals surface area (Å²) < 4.78 is 36.2. The van der Waals surface area contributed by atoms with Crippen LogP contribution in [0.3, 0.4) is 0 Å². The Balaban J connectivity index is 1.44. The maximum Gasteiger partial charge on any atom is 0.412 e. The summed E-state index contributed by atoms with van der Waals surface area (Å²) in [5.41, 5.74) is 1.81. The summed E-state index contributed by atoms with van der Waals surface area (Å²) in [6.07, 6.45) is 4.83. The van der Waals surface area contributed by atoms with E-state index in [0.29, 0.717) is 30.5 Å². The molecule has 158 valence electrons. The predicted octanol–water partition coefficient (Wildman–Crippen LogP) is 3.42. The van der Waals surface area contributed by atoms with Gasteiger partial charge in [0, 0.05) is 18.8 Å². The zero-order valence-electron chi connectivity index (χ0n) is 16.7. The van der Waals surface area contributed by atoms with Gasteiger partial charge in [0.2, 0.25) is 10.0 Å². The number of anilines is 1. The Morgan fingerprint density at radius 2 is 1.97 bits per heavy atom. The molecule has 1 aliphatic rings. The van der Waals surface area contributed by atoms with Crippen molar-refractivity contribution < 1.29 is 22.4 Å². The second-order valence-electron chi connectivity index (χ2n) is 7.51. The van der Waals surface area contributed by atoms with Crippen molar-refractivity contribution >= 4 is 21.8 Å². The van der Waals surface area contributed by atoms with Crippen molar-refractivity contribution in [3.63, 3.8) is 0 Å². The maximum absolute atomic E-state index is 12.3. The number of rotatable bonds is 7. The molecule has 0 atom stereocenters. The highest BCUT2D eigenvalue weighted by atomic mass is 32.2. The van der Waals surface area contributed by atoms with Crippen LogP contribution in [0, 0.1) is 5.92 Å². The minimum Gasteiger partial charge on any atom is -0.445 e. The lowest BCUT2D eigenvalue weighted by molar-refractivity contribution is 0.146. The molecule has 0 spiro atoms. The van der Waals surface area contributed by atoms with Gasteiger partial charge < -0.3 is 9.15 Å². The Morgan fingerprint density at radius 1 is 1.28 bits per heavy atom. The molecule has 2 aromatic rings. The molecule has 8 nitrogen and oxygen atoms in total. The van der Waals surface area contributed by atoms with Gasteiger partial charge in [-0.05, 0) is 56.7 Å². The van der Waals surface area contributed by atoms with E-state index >= 15 is 0 Å². The Kier molecular flexibility index (Phi) is 6.92. The summed E-state index contributed by atoms with van der Waals surface area (Å²) in [5.74, 6) is 0.932. The van der Waals surface area contributed by atoms with Gasteiger partial charge in [-0.15, -0.1) is 0 Å². The molecule has 1 aromatic heterocycles. The zero-order valence-corrected chi connectivity index (χ0v) is 17.5. The van der Waals surface area contributed by atoms with Crippen LogP contribution < -0.4 is 5.32 Å². The summed E-state index contributed by atoms with van der Waals surface area (Å²) in [6, 6.07) is 7.62. The minimum absolute atomic E-state index is 0.0230. The van der Waals surface area contributed by atoms with Gasteiger partial charge in [0.25, 0.3) is 0 Å². The molecule has 0 aliphatic carbocycles. The van der Waals surface area contributed by atoms with Crippen LogP contribution in [0.15, 0.2) is 41.3 Å². The number of oxazole rings is 1. The van der Waals surface area contributed by atoms with Crippen molar-refractivity contribution in [2.75, 3.05) is 18.4 Å². The summed E-state index contributed by atoms with van der Waals surface area (Å²) in [7, 11) is -3.16. The number of hydrogen-bond acceptors (Lipinski definition) is 6. The molecule has 0 unspecified atom stereocenters. The number of nitrogens with one attached hydrogen (secondary N) is 1. The van der Waals surface area contributed by atoms with E-state index in [-0.39, 0.29) is 11.9 Å². The molecular weight excluding hydrogens is 394 g/mol. The van der Waals surface area contributed by atoms with Gasteiger partial charge in [0.15, 0.2) is 18.8 Å². The Bertz CT molecular complexity index is 887. The molecule has 1 aliphatic heterocycles. The van der Waals surface area contributed by atoms with Crippen molar-refractivity contribution in [2.45, 2.75) is 45.0 Å². The molecule has 1 amide bonds. The van der Waals surface area contributed by atoms with Crippen molar-refractivity contribution in [2.24, 2.45) is 5.92 Å². The van der Waals surface area contributed by atoms with E-state index in [1.165, 1.54) is 12.6 Å². The Hall–Kier alpha value is -2.39. The molecule has 0 radical (unpaired) electrons. The summed E-state index contributed by atoms with van der Waals surface area (Å²) in [6.45, 7) is 4.64. The quantitative estimate of drug-likeness (QED) is 0.735. The van der Waals surface area contributed by atoms with Gasteiger partial charge >= 0.3 is 6.09 Å². The third-order valence-corrected chi connectivity index (χ3v) is 7.36. The van der Waals surface area contributed by atoms with Crippen LogP contribution >= 0.6 is 0 Å². The van der Waals surface area contributed by atoms with E-state index in [4.69, 9.17) is 9.15 Å². The third kappa shape index (κ3) is 5.80. The van der Waals surface area contributed by atoms with E-state index in [1.807, 2.05) is 24.3 Å². The van der Waals surface area contributed by atoms with E-state index in [1.54, 1.807) is 18.2 Å². The SMILES string of the molecule is CC(C)S(=O)(=O)N1CCC(Cc2ccc(NC(=O)OCc3cnco3)cc2)CC1. The lowest BCUT2D eigenvalue weighted by atomic mass is 9.91. The van der Waals surface area contributed by atoms with E-state index in [2.05, 4.69) is 10.3 Å². The molecule has 1 aromatic carbocycles. The molecular formula is C20H27N3O5S. The van der Waals surface area contributed by atoms with Crippen molar-refractivity contribution in [3.8, 4) is 0 Å². The molecule has 2 heterocycles. The van der Waals surface area contributed by atoms with Crippen LogP contribution in [0.25, 0.3) is 0 Å². The van der Waals surface area contributed by atoms with Gasteiger partial charge in [-0.25, -0.2) is 22.5 Å². The first-order chi connectivity index (χ1) is 13.8. The Labute approximate surface area is 171 Å². The van der Waals surface area contributed by atoms with Crippen molar-refractivity contribution in [3.05, 3.63) is 48.2 Å². The fourth-order valence-electron chi connectivity index (χ4n) is 3.33. The molecule has 0 saturated carbocycles. The predicted molar refractivity (Wildman–Crippen MR) is 109 cm³/mol. The van der Waals surface area contributed by atoms with Gasteiger partial charge in [-0.1, -0.05) is 12.1 Å². The van der Waals surface area contributed by atoms with Crippen LogP contribution in [0.1, 0.15) is 38.0 Å². The number of amides is 1. The highest BCUT2D eigenvalue weighted by Crippen LogP contribution is 2.25. The average molecular weight is 422 g/mol. The number of sulfonamides is 1. The van der Waals surface area contributed by atoms with Crippen molar-refractivity contribution in [1.29, 1.82) is 0 Å². The monoisotopic (exact) mass is 421 g/mol. The number of hydrogen-bond donors (Lipinski definition) is 1. The number of nitrogens with zero attached hydrogens (tertiary/aromatic N) is 2. The number of piperidine rings is 1. The molecule has 0 bridgehead atoms. The van der Waals surface area contributed by atoms with Gasteiger partial charge in [-0.3, -0.25) is 5.32 Å². The second-order valence-corrected chi connectivity index (χ2v) is 10.00. The molecule has 3 rings (SSSR count). The maximum atomic E-state index is 12.3. The average Bonchev–Trinajstić information content (AvgIpc) is 3.22. The van der Waals surface area contributed by atoms with E-state index in [9.17, 15) is 13.2 Å². The first kappa shape index (κ1) is 21.3. The second kappa shape index (κ2) is 9.41. The van der Waals surface area contributed by atoms with Gasteiger partial charge in [0.1, 0.15) is 0 Å². The number of benzene rings is 1.